The highest BCUT2D eigenvalue weighted by Gasteiger charge is 2.36. The molecular weight excluding hydrogens is 388 g/mol. The number of dihydropyridines is 1. The molecule has 1 atom stereocenters. The molecular formula is C25H26N4O2. The average Bonchev–Trinajstić information content (AvgIpc) is 3.68. The van der Waals surface area contributed by atoms with Crippen LogP contribution in [0.2, 0.25) is 0 Å². The molecule has 1 aromatic rings. The number of rotatable bonds is 4. The van der Waals surface area contributed by atoms with Crippen molar-refractivity contribution in [3.63, 3.8) is 0 Å². The molecule has 31 heavy (non-hydrogen) atoms. The topological polar surface area (TPSA) is 68.6 Å². The zero-order valence-electron chi connectivity index (χ0n) is 17.7. The number of piperazine rings is 1. The molecule has 4 aliphatic rings. The van der Waals surface area contributed by atoms with Crippen LogP contribution in [0, 0.1) is 17.2 Å². The van der Waals surface area contributed by atoms with Crippen LogP contribution in [0.3, 0.4) is 0 Å². The molecule has 2 fully saturated rings. The van der Waals surface area contributed by atoms with Crippen molar-refractivity contribution in [2.75, 3.05) is 33.3 Å². The summed E-state index contributed by atoms with van der Waals surface area (Å²) in [5.41, 5.74) is 5.02. The van der Waals surface area contributed by atoms with Gasteiger partial charge in [-0.15, -0.1) is 0 Å². The summed E-state index contributed by atoms with van der Waals surface area (Å²) in [5, 5.41) is 12.6. The van der Waals surface area contributed by atoms with Crippen LogP contribution in [-0.2, 0) is 9.53 Å². The van der Waals surface area contributed by atoms with Crippen molar-refractivity contribution in [2.45, 2.75) is 18.9 Å². The zero-order chi connectivity index (χ0) is 21.4. The van der Waals surface area contributed by atoms with E-state index in [0.717, 1.165) is 67.2 Å². The summed E-state index contributed by atoms with van der Waals surface area (Å²) >= 11 is 0. The normalized spacial score (nSPS) is 22.8. The lowest BCUT2D eigenvalue weighted by Gasteiger charge is -2.40. The number of allylic oxidation sites excluding steroid dienone is 2. The molecule has 1 amide bonds. The molecule has 1 N–H and O–H groups in total. The van der Waals surface area contributed by atoms with Gasteiger partial charge in [0.15, 0.2) is 0 Å². The summed E-state index contributed by atoms with van der Waals surface area (Å²) in [4.78, 5) is 16.7. The van der Waals surface area contributed by atoms with Crippen LogP contribution in [-0.4, -0.2) is 55.0 Å². The number of benzene rings is 1. The van der Waals surface area contributed by atoms with Crippen molar-refractivity contribution in [2.24, 2.45) is 5.92 Å². The predicted octanol–water partition coefficient (Wildman–Crippen LogP) is 2.78. The van der Waals surface area contributed by atoms with Crippen LogP contribution < -0.4 is 5.32 Å². The molecule has 2 aliphatic carbocycles. The van der Waals surface area contributed by atoms with Crippen LogP contribution in [0.1, 0.15) is 24.0 Å². The molecule has 1 saturated heterocycles. The van der Waals surface area contributed by atoms with Gasteiger partial charge >= 0.3 is 0 Å². The number of ether oxygens (including phenoxy) is 1. The number of nitrogens with one attached hydrogen (secondary N) is 1. The molecule has 1 aromatic carbocycles. The Morgan fingerprint density at radius 1 is 1.16 bits per heavy atom. The van der Waals surface area contributed by atoms with Gasteiger partial charge in [-0.05, 0) is 36.1 Å². The highest BCUT2D eigenvalue weighted by atomic mass is 16.5. The fourth-order valence-electron chi connectivity index (χ4n) is 4.59. The number of nitriles is 1. The number of hydrogen-bond donors (Lipinski definition) is 1. The number of carbonyl (C=O) groups is 1. The number of nitrogens with zero attached hydrogens (tertiary/aromatic N) is 3. The van der Waals surface area contributed by atoms with Gasteiger partial charge in [-0.3, -0.25) is 4.79 Å². The number of carbonyl (C=O) groups excluding carboxylic acids is 1. The molecule has 2 aliphatic heterocycles. The Balaban J connectivity index is 1.35. The van der Waals surface area contributed by atoms with E-state index in [9.17, 15) is 4.79 Å². The van der Waals surface area contributed by atoms with E-state index in [2.05, 4.69) is 34.5 Å². The molecule has 2 heterocycles. The van der Waals surface area contributed by atoms with Gasteiger partial charge in [0.25, 0.3) is 0 Å². The first-order chi connectivity index (χ1) is 15.2. The van der Waals surface area contributed by atoms with Gasteiger partial charge in [0.1, 0.15) is 5.76 Å². The van der Waals surface area contributed by atoms with E-state index >= 15 is 0 Å². The first kappa shape index (κ1) is 19.5. The third kappa shape index (κ3) is 3.61. The average molecular weight is 415 g/mol. The summed E-state index contributed by atoms with van der Waals surface area (Å²) in [6.45, 7) is 3.13. The molecule has 5 rings (SSSR count). The molecule has 0 spiro atoms. The van der Waals surface area contributed by atoms with E-state index in [-0.39, 0.29) is 12.0 Å². The minimum Gasteiger partial charge on any atom is -0.494 e. The van der Waals surface area contributed by atoms with Gasteiger partial charge in [-0.2, -0.15) is 5.26 Å². The van der Waals surface area contributed by atoms with Crippen molar-refractivity contribution >= 4 is 11.5 Å². The maximum Gasteiger partial charge on any atom is 0.225 e. The second-order valence-electron chi connectivity index (χ2n) is 8.37. The quantitative estimate of drug-likeness (QED) is 0.821. The van der Waals surface area contributed by atoms with Gasteiger partial charge in [-0.25, -0.2) is 0 Å². The van der Waals surface area contributed by atoms with E-state index < -0.39 is 0 Å². The molecule has 1 unspecified atom stereocenters. The summed E-state index contributed by atoms with van der Waals surface area (Å²) in [6, 6.07) is 9.85. The van der Waals surface area contributed by atoms with Crippen molar-refractivity contribution in [3.8, 4) is 6.07 Å². The predicted molar refractivity (Wildman–Crippen MR) is 118 cm³/mol. The van der Waals surface area contributed by atoms with Crippen LogP contribution in [0.15, 0.2) is 65.7 Å². The lowest BCUT2D eigenvalue weighted by Crippen LogP contribution is -2.50. The fourth-order valence-corrected chi connectivity index (χ4v) is 4.59. The maximum absolute atomic E-state index is 12.4. The van der Waals surface area contributed by atoms with Crippen molar-refractivity contribution < 1.29 is 9.53 Å². The first-order valence-electron chi connectivity index (χ1n) is 10.9. The molecule has 0 aromatic heterocycles. The Morgan fingerprint density at radius 3 is 2.55 bits per heavy atom. The second kappa shape index (κ2) is 7.99. The third-order valence-electron chi connectivity index (χ3n) is 6.47. The number of hydrogen-bond acceptors (Lipinski definition) is 5. The van der Waals surface area contributed by atoms with Gasteiger partial charge in [0.2, 0.25) is 5.91 Å². The summed E-state index contributed by atoms with van der Waals surface area (Å²) in [5.74, 6) is 1.48. The Labute approximate surface area is 182 Å². The van der Waals surface area contributed by atoms with E-state index in [0.29, 0.717) is 11.5 Å². The minimum absolute atomic E-state index is 0.00521. The lowest BCUT2D eigenvalue weighted by molar-refractivity contribution is -0.134. The standard InChI is InChI=1S/C25H26N4O2/c1-31-24-21-4-2-3-20(18-7-5-17(15-26)6-8-18)23(21)27-16-22(24)28-11-13-29(14-12-28)25(30)19-9-10-19/h2-8,16,19,23,27H,9-14H2,1H3. The first-order valence-corrected chi connectivity index (χ1v) is 10.9. The van der Waals surface area contributed by atoms with Crippen LogP contribution in [0.25, 0.3) is 5.57 Å². The maximum atomic E-state index is 12.4. The van der Waals surface area contributed by atoms with Crippen LogP contribution in [0.5, 0.6) is 0 Å². The lowest BCUT2D eigenvalue weighted by atomic mass is 9.86. The van der Waals surface area contributed by atoms with Crippen LogP contribution >= 0.6 is 0 Å². The van der Waals surface area contributed by atoms with Crippen LogP contribution in [0.4, 0.5) is 0 Å². The fraction of sp³-hybridized carbons (Fsp3) is 0.360. The summed E-state index contributed by atoms with van der Waals surface area (Å²) < 4.78 is 5.90. The molecule has 1 saturated carbocycles. The smallest absolute Gasteiger partial charge is 0.225 e. The van der Waals surface area contributed by atoms with Gasteiger partial charge in [0, 0.05) is 43.9 Å². The summed E-state index contributed by atoms with van der Waals surface area (Å²) in [7, 11) is 1.72. The number of methoxy groups -OCH3 is 1. The van der Waals surface area contributed by atoms with E-state index in [4.69, 9.17) is 10.00 Å². The molecule has 0 bridgehead atoms. The molecule has 6 heteroatoms. The van der Waals surface area contributed by atoms with E-state index in [1.54, 1.807) is 7.11 Å². The molecule has 6 nitrogen and oxygen atoms in total. The second-order valence-corrected chi connectivity index (χ2v) is 8.37. The number of fused-ring (bicyclic) bond motifs is 1. The highest BCUT2D eigenvalue weighted by molar-refractivity contribution is 5.81. The zero-order valence-corrected chi connectivity index (χ0v) is 17.7. The molecule has 0 radical (unpaired) electrons. The Hall–Kier alpha value is -3.46. The monoisotopic (exact) mass is 414 g/mol. The third-order valence-corrected chi connectivity index (χ3v) is 6.47. The SMILES string of the molecule is COC1=C2C=CC=C(c3ccc(C#N)cc3)C2NC=C1N1CCN(C(=O)C2CC2)CC1. The van der Waals surface area contributed by atoms with E-state index in [1.165, 1.54) is 0 Å². The van der Waals surface area contributed by atoms with Crippen molar-refractivity contribution in [3.05, 3.63) is 76.8 Å². The minimum atomic E-state index is -0.00521. The van der Waals surface area contributed by atoms with E-state index in [1.807, 2.05) is 35.4 Å². The van der Waals surface area contributed by atoms with Crippen molar-refractivity contribution in [1.29, 1.82) is 5.26 Å². The van der Waals surface area contributed by atoms with Gasteiger partial charge in [0.05, 0.1) is 30.5 Å². The van der Waals surface area contributed by atoms with Gasteiger partial charge in [-0.1, -0.05) is 30.4 Å². The summed E-state index contributed by atoms with van der Waals surface area (Å²) in [6.07, 6.45) is 10.4. The number of amides is 1. The highest BCUT2D eigenvalue weighted by Crippen LogP contribution is 2.36. The van der Waals surface area contributed by atoms with Crippen molar-refractivity contribution in [1.82, 2.24) is 15.1 Å². The Bertz CT molecular complexity index is 1050. The Morgan fingerprint density at radius 2 is 1.90 bits per heavy atom. The molecule has 158 valence electrons. The Kier molecular flexibility index (Phi) is 5.03. The largest absolute Gasteiger partial charge is 0.494 e. The van der Waals surface area contributed by atoms with Gasteiger partial charge < -0.3 is 19.9 Å².